The second kappa shape index (κ2) is 9.54. The van der Waals surface area contributed by atoms with Crippen molar-refractivity contribution in [1.29, 1.82) is 0 Å². The summed E-state index contributed by atoms with van der Waals surface area (Å²) in [5.74, 6) is 7.26. The van der Waals surface area contributed by atoms with Gasteiger partial charge in [0.25, 0.3) is 5.91 Å². The Balaban J connectivity index is 1.64. The molecule has 2 aromatic heterocycles. The monoisotopic (exact) mass is 436 g/mol. The number of anilines is 2. The Bertz CT molecular complexity index is 1070. The van der Waals surface area contributed by atoms with Crippen molar-refractivity contribution in [2.75, 3.05) is 50.7 Å². The molecule has 3 aromatic rings. The quantitative estimate of drug-likeness (QED) is 0.433. The number of nitrogens with zero attached hydrogens (tertiary/aromatic N) is 6. The number of nitrogens with two attached hydrogens (primary N) is 1. The molecule has 1 aliphatic rings. The standard InChI is InChI=1S/C21H24N8O3/c1-28(2)19(30)14-3-6-16(7-4-14)32-21-25-18(15-5-8-17(27-22)23-13-15)24-20(26-21)29-9-11-31-12-10-29/h3-8,13H,9-12,22H2,1-2H3,(H,23,27). The minimum absolute atomic E-state index is 0.0866. The molecule has 0 spiro atoms. The van der Waals surface area contributed by atoms with Crippen molar-refractivity contribution in [2.45, 2.75) is 0 Å². The van der Waals surface area contributed by atoms with Crippen LogP contribution in [0.15, 0.2) is 42.6 Å². The molecular formula is C21H24N8O3. The SMILES string of the molecule is CN(C)C(=O)c1ccc(Oc2nc(-c3ccc(NN)nc3)nc(N3CCOCC3)n2)cc1. The van der Waals surface area contributed by atoms with Gasteiger partial charge in [0.15, 0.2) is 5.82 Å². The van der Waals surface area contributed by atoms with Crippen LogP contribution in [0.3, 0.4) is 0 Å². The summed E-state index contributed by atoms with van der Waals surface area (Å²) in [7, 11) is 3.41. The van der Waals surface area contributed by atoms with Gasteiger partial charge in [-0.1, -0.05) is 0 Å². The average molecular weight is 436 g/mol. The van der Waals surface area contributed by atoms with Gasteiger partial charge in [0, 0.05) is 44.5 Å². The van der Waals surface area contributed by atoms with Gasteiger partial charge in [-0.05, 0) is 36.4 Å². The van der Waals surface area contributed by atoms with Crippen LogP contribution in [-0.2, 0) is 4.74 Å². The molecule has 11 heteroatoms. The Morgan fingerprint density at radius 3 is 2.47 bits per heavy atom. The Morgan fingerprint density at radius 2 is 1.84 bits per heavy atom. The largest absolute Gasteiger partial charge is 0.424 e. The molecule has 11 nitrogen and oxygen atoms in total. The molecule has 0 saturated carbocycles. The minimum atomic E-state index is -0.0866. The van der Waals surface area contributed by atoms with Gasteiger partial charge in [0.05, 0.1) is 13.2 Å². The fraction of sp³-hybridized carbons (Fsp3) is 0.286. The molecule has 1 aromatic carbocycles. The minimum Gasteiger partial charge on any atom is -0.424 e. The van der Waals surface area contributed by atoms with Crippen LogP contribution in [0, 0.1) is 0 Å². The lowest BCUT2D eigenvalue weighted by Gasteiger charge is -2.27. The van der Waals surface area contributed by atoms with Gasteiger partial charge in [-0.25, -0.2) is 10.8 Å². The third-order valence-electron chi connectivity index (χ3n) is 4.78. The fourth-order valence-corrected chi connectivity index (χ4v) is 3.07. The van der Waals surface area contributed by atoms with Crippen LogP contribution < -0.4 is 20.9 Å². The molecule has 3 N–H and O–H groups in total. The summed E-state index contributed by atoms with van der Waals surface area (Å²) in [5.41, 5.74) is 3.75. The van der Waals surface area contributed by atoms with Gasteiger partial charge in [0.1, 0.15) is 11.6 Å². The lowest BCUT2D eigenvalue weighted by Crippen LogP contribution is -2.37. The number of ether oxygens (including phenoxy) is 2. The van der Waals surface area contributed by atoms with Crippen molar-refractivity contribution in [2.24, 2.45) is 5.84 Å². The summed E-state index contributed by atoms with van der Waals surface area (Å²) in [6.45, 7) is 2.52. The molecule has 1 amide bonds. The molecule has 1 fully saturated rings. The van der Waals surface area contributed by atoms with Crippen LogP contribution in [-0.4, -0.2) is 71.1 Å². The third kappa shape index (κ3) is 4.90. The van der Waals surface area contributed by atoms with Gasteiger partial charge in [-0.3, -0.25) is 4.79 Å². The number of carbonyl (C=O) groups excluding carboxylic acids is 1. The van der Waals surface area contributed by atoms with Crippen LogP contribution in [0.4, 0.5) is 11.8 Å². The summed E-state index contributed by atoms with van der Waals surface area (Å²) in [6.07, 6.45) is 1.62. The number of benzene rings is 1. The van der Waals surface area contributed by atoms with Crippen molar-refractivity contribution in [3.8, 4) is 23.1 Å². The van der Waals surface area contributed by atoms with E-state index in [1.165, 1.54) is 4.90 Å². The lowest BCUT2D eigenvalue weighted by atomic mass is 10.2. The van der Waals surface area contributed by atoms with Crippen LogP contribution in [0.5, 0.6) is 11.8 Å². The predicted octanol–water partition coefficient (Wildman–Crippen LogP) is 1.55. The van der Waals surface area contributed by atoms with Gasteiger partial charge in [-0.2, -0.15) is 15.0 Å². The number of hydrazine groups is 1. The smallest absolute Gasteiger partial charge is 0.327 e. The Kier molecular flexibility index (Phi) is 6.38. The van der Waals surface area contributed by atoms with E-state index in [9.17, 15) is 4.79 Å². The number of hydrogen-bond donors (Lipinski definition) is 2. The predicted molar refractivity (Wildman–Crippen MR) is 118 cm³/mol. The topological polar surface area (TPSA) is 132 Å². The maximum atomic E-state index is 12.1. The number of morpholine rings is 1. The number of nitrogens with one attached hydrogen (secondary N) is 1. The molecule has 0 aliphatic carbocycles. The highest BCUT2D eigenvalue weighted by Crippen LogP contribution is 2.25. The number of hydrogen-bond acceptors (Lipinski definition) is 10. The molecule has 32 heavy (non-hydrogen) atoms. The lowest BCUT2D eigenvalue weighted by molar-refractivity contribution is 0.0827. The molecule has 0 unspecified atom stereocenters. The average Bonchev–Trinajstić information content (AvgIpc) is 2.84. The van der Waals surface area contributed by atoms with Crippen molar-refractivity contribution in [1.82, 2.24) is 24.8 Å². The normalized spacial score (nSPS) is 13.5. The highest BCUT2D eigenvalue weighted by molar-refractivity contribution is 5.93. The van der Waals surface area contributed by atoms with E-state index in [2.05, 4.69) is 25.4 Å². The number of aromatic nitrogens is 4. The van der Waals surface area contributed by atoms with Crippen LogP contribution in [0.2, 0.25) is 0 Å². The van der Waals surface area contributed by atoms with E-state index >= 15 is 0 Å². The first kappa shape index (κ1) is 21.4. The number of nitrogen functional groups attached to an aromatic ring is 1. The van der Waals surface area contributed by atoms with Crippen LogP contribution >= 0.6 is 0 Å². The molecule has 166 valence electrons. The van der Waals surface area contributed by atoms with E-state index in [4.69, 9.17) is 15.3 Å². The molecule has 1 aliphatic heterocycles. The molecular weight excluding hydrogens is 412 g/mol. The van der Waals surface area contributed by atoms with E-state index in [0.717, 1.165) is 0 Å². The summed E-state index contributed by atoms with van der Waals surface area (Å²) in [6, 6.07) is 10.5. The van der Waals surface area contributed by atoms with Crippen molar-refractivity contribution < 1.29 is 14.3 Å². The zero-order valence-corrected chi connectivity index (χ0v) is 17.9. The second-order valence-electron chi connectivity index (χ2n) is 7.24. The zero-order chi connectivity index (χ0) is 22.5. The fourth-order valence-electron chi connectivity index (χ4n) is 3.07. The Hall–Kier alpha value is -3.83. The van der Waals surface area contributed by atoms with Crippen LogP contribution in [0.25, 0.3) is 11.4 Å². The summed E-state index contributed by atoms with van der Waals surface area (Å²) < 4.78 is 11.3. The van der Waals surface area contributed by atoms with Crippen molar-refractivity contribution in [3.63, 3.8) is 0 Å². The van der Waals surface area contributed by atoms with E-state index < -0.39 is 0 Å². The molecule has 0 bridgehead atoms. The zero-order valence-electron chi connectivity index (χ0n) is 17.9. The first-order valence-corrected chi connectivity index (χ1v) is 10.0. The van der Waals surface area contributed by atoms with Crippen molar-refractivity contribution in [3.05, 3.63) is 48.2 Å². The Morgan fingerprint density at radius 1 is 1.09 bits per heavy atom. The number of amides is 1. The van der Waals surface area contributed by atoms with Gasteiger partial charge >= 0.3 is 6.01 Å². The van der Waals surface area contributed by atoms with E-state index in [1.54, 1.807) is 50.6 Å². The maximum Gasteiger partial charge on any atom is 0.327 e. The van der Waals surface area contributed by atoms with Gasteiger partial charge in [-0.15, -0.1) is 0 Å². The Labute approximate surface area is 185 Å². The molecule has 3 heterocycles. The molecule has 1 saturated heterocycles. The van der Waals surface area contributed by atoms with Crippen LogP contribution in [0.1, 0.15) is 10.4 Å². The van der Waals surface area contributed by atoms with E-state index in [1.807, 2.05) is 11.0 Å². The highest BCUT2D eigenvalue weighted by Gasteiger charge is 2.18. The number of carbonyl (C=O) groups is 1. The van der Waals surface area contributed by atoms with Gasteiger partial charge in [0.2, 0.25) is 5.95 Å². The summed E-state index contributed by atoms with van der Waals surface area (Å²) in [4.78, 5) is 33.4. The maximum absolute atomic E-state index is 12.1. The first-order chi connectivity index (χ1) is 15.5. The van der Waals surface area contributed by atoms with Crippen molar-refractivity contribution >= 4 is 17.7 Å². The first-order valence-electron chi connectivity index (χ1n) is 10.0. The third-order valence-corrected chi connectivity index (χ3v) is 4.78. The van der Waals surface area contributed by atoms with E-state index in [0.29, 0.717) is 60.8 Å². The molecule has 0 atom stereocenters. The molecule has 0 radical (unpaired) electrons. The molecule has 4 rings (SSSR count). The summed E-state index contributed by atoms with van der Waals surface area (Å²) in [5, 5.41) is 0. The highest BCUT2D eigenvalue weighted by atomic mass is 16.5. The number of rotatable bonds is 6. The second-order valence-corrected chi connectivity index (χ2v) is 7.24. The van der Waals surface area contributed by atoms with Gasteiger partial charge < -0.3 is 24.7 Å². The number of pyridine rings is 1. The van der Waals surface area contributed by atoms with E-state index in [-0.39, 0.29) is 11.9 Å². The summed E-state index contributed by atoms with van der Waals surface area (Å²) >= 11 is 0.